The number of ketones is 1. The predicted molar refractivity (Wildman–Crippen MR) is 167 cm³/mol. The molecule has 13 nitrogen and oxygen atoms in total. The molecule has 1 aromatic heterocycles. The fourth-order valence-electron chi connectivity index (χ4n) is 5.66. The standard InChI is InChI=1S/C32H38FN7O6/c1-21(41)34-18-27-19-39(32(44)46-27)24-8-12-30(28(33)16-24)38-14-3-4-22(13-15-38)5-9-25(42)17-35-31(43)29-20-40(37-36-29)23-6-10-26(45-2)11-7-23/h6-8,10-12,16,20,22,27H,3-5,9,13-15,17-19H2,1-2H3,(H,34,41)(H,35,43). The van der Waals surface area contributed by atoms with E-state index >= 15 is 4.39 Å². The third-order valence-electron chi connectivity index (χ3n) is 8.22. The summed E-state index contributed by atoms with van der Waals surface area (Å²) in [5, 5.41) is 13.2. The van der Waals surface area contributed by atoms with Crippen molar-refractivity contribution in [3.05, 3.63) is 60.2 Å². The van der Waals surface area contributed by atoms with Gasteiger partial charge in [-0.15, -0.1) is 5.10 Å². The number of nitrogens with one attached hydrogen (secondary N) is 2. The number of methoxy groups -OCH3 is 1. The Balaban J connectivity index is 1.05. The monoisotopic (exact) mass is 635 g/mol. The van der Waals surface area contributed by atoms with Crippen LogP contribution >= 0.6 is 0 Å². The molecule has 2 atom stereocenters. The maximum absolute atomic E-state index is 15.3. The van der Waals surface area contributed by atoms with E-state index in [4.69, 9.17) is 9.47 Å². The molecule has 0 saturated carbocycles. The molecule has 2 fully saturated rings. The lowest BCUT2D eigenvalue weighted by molar-refractivity contribution is -0.119. The highest BCUT2D eigenvalue weighted by molar-refractivity contribution is 5.95. The Morgan fingerprint density at radius 3 is 2.59 bits per heavy atom. The van der Waals surface area contributed by atoms with Gasteiger partial charge < -0.3 is 25.0 Å². The number of Topliss-reactive ketones (excluding diaryl/α,β-unsaturated/α-hetero) is 1. The number of halogens is 1. The molecule has 2 unspecified atom stereocenters. The summed E-state index contributed by atoms with van der Waals surface area (Å²) in [6, 6.07) is 11.9. The van der Waals surface area contributed by atoms with Gasteiger partial charge >= 0.3 is 6.09 Å². The molecule has 0 aliphatic carbocycles. The molecule has 2 aromatic carbocycles. The smallest absolute Gasteiger partial charge is 0.414 e. The fraction of sp³-hybridized carbons (Fsp3) is 0.438. The number of carbonyl (C=O) groups excluding carboxylic acids is 4. The van der Waals surface area contributed by atoms with Gasteiger partial charge in [0.1, 0.15) is 17.7 Å². The highest BCUT2D eigenvalue weighted by Gasteiger charge is 2.33. The lowest BCUT2D eigenvalue weighted by Crippen LogP contribution is -2.33. The summed E-state index contributed by atoms with van der Waals surface area (Å²) in [5.74, 6) is -0.188. The van der Waals surface area contributed by atoms with E-state index in [1.165, 1.54) is 28.8 Å². The largest absolute Gasteiger partial charge is 0.497 e. The molecule has 46 heavy (non-hydrogen) atoms. The van der Waals surface area contributed by atoms with E-state index in [2.05, 4.69) is 20.9 Å². The summed E-state index contributed by atoms with van der Waals surface area (Å²) in [6.07, 6.45) is 4.02. The number of aromatic nitrogens is 3. The van der Waals surface area contributed by atoms with Crippen molar-refractivity contribution in [1.82, 2.24) is 25.6 Å². The topological polar surface area (TPSA) is 148 Å². The molecular weight excluding hydrogens is 597 g/mol. The Morgan fingerprint density at radius 1 is 1.07 bits per heavy atom. The van der Waals surface area contributed by atoms with Gasteiger partial charge in [0.25, 0.3) is 5.91 Å². The molecule has 14 heteroatoms. The summed E-state index contributed by atoms with van der Waals surface area (Å²) >= 11 is 0. The average molecular weight is 636 g/mol. The molecule has 2 N–H and O–H groups in total. The van der Waals surface area contributed by atoms with E-state index < -0.39 is 23.9 Å². The molecule has 0 bridgehead atoms. The third kappa shape index (κ3) is 8.17. The van der Waals surface area contributed by atoms with Crippen LogP contribution in [0.25, 0.3) is 5.69 Å². The van der Waals surface area contributed by atoms with Crippen LogP contribution in [-0.2, 0) is 14.3 Å². The lowest BCUT2D eigenvalue weighted by Gasteiger charge is -2.24. The van der Waals surface area contributed by atoms with E-state index in [1.54, 1.807) is 43.5 Å². The van der Waals surface area contributed by atoms with Crippen LogP contribution in [-0.4, -0.2) is 84.6 Å². The number of cyclic esters (lactones) is 1. The molecule has 3 aromatic rings. The second-order valence-corrected chi connectivity index (χ2v) is 11.5. The number of hydrogen-bond acceptors (Lipinski definition) is 9. The van der Waals surface area contributed by atoms with Crippen LogP contribution in [0.5, 0.6) is 5.75 Å². The zero-order chi connectivity index (χ0) is 32.6. The van der Waals surface area contributed by atoms with Gasteiger partial charge in [-0.2, -0.15) is 0 Å². The van der Waals surface area contributed by atoms with Gasteiger partial charge in [0, 0.05) is 26.4 Å². The second kappa shape index (κ2) is 14.8. The van der Waals surface area contributed by atoms with E-state index in [-0.39, 0.29) is 37.0 Å². The highest BCUT2D eigenvalue weighted by atomic mass is 19.1. The maximum atomic E-state index is 15.3. The molecule has 5 rings (SSSR count). The number of hydrogen-bond donors (Lipinski definition) is 2. The Labute approximate surface area is 266 Å². The Bertz CT molecular complexity index is 1560. The van der Waals surface area contributed by atoms with Crippen molar-refractivity contribution in [3.63, 3.8) is 0 Å². The molecule has 2 saturated heterocycles. The molecule has 2 aliphatic heterocycles. The van der Waals surface area contributed by atoms with Crippen LogP contribution in [0, 0.1) is 11.7 Å². The van der Waals surface area contributed by atoms with Gasteiger partial charge in [0.2, 0.25) is 5.91 Å². The summed E-state index contributed by atoms with van der Waals surface area (Å²) in [7, 11) is 1.58. The molecule has 3 heterocycles. The van der Waals surface area contributed by atoms with Crippen LogP contribution < -0.4 is 25.2 Å². The minimum Gasteiger partial charge on any atom is -0.497 e. The van der Waals surface area contributed by atoms with E-state index in [9.17, 15) is 19.2 Å². The number of rotatable bonds is 12. The van der Waals surface area contributed by atoms with Gasteiger partial charge in [-0.3, -0.25) is 19.3 Å². The Morgan fingerprint density at radius 2 is 1.85 bits per heavy atom. The number of benzene rings is 2. The van der Waals surface area contributed by atoms with Crippen molar-refractivity contribution in [1.29, 1.82) is 0 Å². The fourth-order valence-corrected chi connectivity index (χ4v) is 5.66. The van der Waals surface area contributed by atoms with Crippen LogP contribution in [0.2, 0.25) is 0 Å². The Hall–Kier alpha value is -5.01. The van der Waals surface area contributed by atoms with Crippen LogP contribution in [0.4, 0.5) is 20.6 Å². The minimum atomic E-state index is -0.577. The van der Waals surface area contributed by atoms with Crippen LogP contribution in [0.1, 0.15) is 49.5 Å². The summed E-state index contributed by atoms with van der Waals surface area (Å²) < 4.78 is 27.2. The maximum Gasteiger partial charge on any atom is 0.414 e. The molecule has 244 valence electrons. The molecule has 0 spiro atoms. The summed E-state index contributed by atoms with van der Waals surface area (Å²) in [4.78, 5) is 52.0. The van der Waals surface area contributed by atoms with E-state index in [0.717, 1.165) is 19.3 Å². The summed E-state index contributed by atoms with van der Waals surface area (Å²) in [5.41, 5.74) is 1.69. The first-order chi connectivity index (χ1) is 22.2. The Kier molecular flexibility index (Phi) is 10.5. The van der Waals surface area contributed by atoms with E-state index in [0.29, 0.717) is 54.7 Å². The molecule has 0 radical (unpaired) electrons. The zero-order valence-corrected chi connectivity index (χ0v) is 25.9. The van der Waals surface area contributed by atoms with Crippen molar-refractivity contribution in [2.45, 2.75) is 45.1 Å². The van der Waals surface area contributed by atoms with Gasteiger partial charge in [-0.05, 0) is 74.1 Å². The average Bonchev–Trinajstić information content (AvgIpc) is 3.62. The van der Waals surface area contributed by atoms with Gasteiger partial charge in [-0.25, -0.2) is 13.9 Å². The number of nitrogens with zero attached hydrogens (tertiary/aromatic N) is 5. The first-order valence-electron chi connectivity index (χ1n) is 15.3. The quantitative estimate of drug-likeness (QED) is 0.306. The number of amides is 3. The molecular formula is C32H38FN7O6. The van der Waals surface area contributed by atoms with Gasteiger partial charge in [-0.1, -0.05) is 5.21 Å². The van der Waals surface area contributed by atoms with Crippen molar-refractivity contribution in [2.24, 2.45) is 5.92 Å². The highest BCUT2D eigenvalue weighted by Crippen LogP contribution is 2.31. The predicted octanol–water partition coefficient (Wildman–Crippen LogP) is 3.26. The van der Waals surface area contributed by atoms with Crippen molar-refractivity contribution in [2.75, 3.05) is 49.6 Å². The van der Waals surface area contributed by atoms with E-state index in [1.807, 2.05) is 4.90 Å². The number of anilines is 2. The van der Waals surface area contributed by atoms with Crippen LogP contribution in [0.3, 0.4) is 0 Å². The van der Waals surface area contributed by atoms with Crippen molar-refractivity contribution < 1.29 is 33.0 Å². The molecule has 2 aliphatic rings. The van der Waals surface area contributed by atoms with Crippen molar-refractivity contribution in [3.8, 4) is 11.4 Å². The van der Waals surface area contributed by atoms with Crippen LogP contribution in [0.15, 0.2) is 48.7 Å². The second-order valence-electron chi connectivity index (χ2n) is 11.5. The first kappa shape index (κ1) is 32.4. The third-order valence-corrected chi connectivity index (χ3v) is 8.22. The SMILES string of the molecule is COc1ccc(-n2cc(C(=O)NCC(=O)CCC3CCCN(c4ccc(N5CC(CNC(C)=O)OC5=O)cc4F)CC3)nn2)cc1. The van der Waals surface area contributed by atoms with Gasteiger partial charge in [0.05, 0.1) is 50.0 Å². The van der Waals surface area contributed by atoms with Gasteiger partial charge in [0.15, 0.2) is 11.5 Å². The minimum absolute atomic E-state index is 0.0709. The van der Waals surface area contributed by atoms with Crippen molar-refractivity contribution >= 4 is 35.1 Å². The molecule has 3 amide bonds. The first-order valence-corrected chi connectivity index (χ1v) is 15.3. The number of ether oxygens (including phenoxy) is 2. The lowest BCUT2D eigenvalue weighted by atomic mass is 9.94. The number of carbonyl (C=O) groups is 4. The summed E-state index contributed by atoms with van der Waals surface area (Å²) in [6.45, 7) is 3.03. The zero-order valence-electron chi connectivity index (χ0n) is 25.9. The normalized spacial score (nSPS) is 18.1.